The van der Waals surface area contributed by atoms with Crippen LogP contribution in [0.15, 0.2) is 42.5 Å². The summed E-state index contributed by atoms with van der Waals surface area (Å²) in [6, 6.07) is 12.6. The van der Waals surface area contributed by atoms with Gasteiger partial charge in [-0.25, -0.2) is 0 Å². The standard InChI is InChI=1S/C16H18ClNO3/c1-20-14-6-11(7-15(9-14)21-2)16(10-19)18-13-5-3-4-12(17)8-13/h3-9,16,18-19H,10H2,1-2H3. The number of hydrogen-bond acceptors (Lipinski definition) is 4. The van der Waals surface area contributed by atoms with Crippen LogP contribution >= 0.6 is 11.6 Å². The van der Waals surface area contributed by atoms with E-state index in [0.717, 1.165) is 11.3 Å². The number of rotatable bonds is 6. The van der Waals surface area contributed by atoms with E-state index >= 15 is 0 Å². The number of methoxy groups -OCH3 is 2. The number of nitrogens with one attached hydrogen (secondary N) is 1. The monoisotopic (exact) mass is 307 g/mol. The zero-order chi connectivity index (χ0) is 15.2. The van der Waals surface area contributed by atoms with Gasteiger partial charge in [0.1, 0.15) is 11.5 Å². The Labute approximate surface area is 129 Å². The highest BCUT2D eigenvalue weighted by atomic mass is 35.5. The predicted molar refractivity (Wildman–Crippen MR) is 84.4 cm³/mol. The average Bonchev–Trinajstić information content (AvgIpc) is 2.52. The van der Waals surface area contributed by atoms with Crippen LogP contribution in [-0.4, -0.2) is 25.9 Å². The van der Waals surface area contributed by atoms with E-state index in [1.165, 1.54) is 0 Å². The lowest BCUT2D eigenvalue weighted by atomic mass is 10.1. The van der Waals surface area contributed by atoms with Crippen molar-refractivity contribution in [1.29, 1.82) is 0 Å². The first-order chi connectivity index (χ1) is 10.2. The summed E-state index contributed by atoms with van der Waals surface area (Å²) in [5, 5.41) is 13.5. The van der Waals surface area contributed by atoms with Gasteiger partial charge in [-0.15, -0.1) is 0 Å². The van der Waals surface area contributed by atoms with Crippen LogP contribution < -0.4 is 14.8 Å². The third kappa shape index (κ3) is 4.03. The highest BCUT2D eigenvalue weighted by Crippen LogP contribution is 2.28. The summed E-state index contributed by atoms with van der Waals surface area (Å²) in [6.07, 6.45) is 0. The van der Waals surface area contributed by atoms with Gasteiger partial charge in [0.2, 0.25) is 0 Å². The summed E-state index contributed by atoms with van der Waals surface area (Å²) in [6.45, 7) is -0.0666. The minimum Gasteiger partial charge on any atom is -0.497 e. The third-order valence-corrected chi connectivity index (χ3v) is 3.36. The molecule has 0 bridgehead atoms. The molecule has 1 unspecified atom stereocenters. The maximum atomic E-state index is 9.66. The van der Waals surface area contributed by atoms with Crippen molar-refractivity contribution in [3.63, 3.8) is 0 Å². The smallest absolute Gasteiger partial charge is 0.122 e. The molecular weight excluding hydrogens is 290 g/mol. The molecule has 0 heterocycles. The maximum absolute atomic E-state index is 9.66. The highest BCUT2D eigenvalue weighted by molar-refractivity contribution is 6.30. The molecule has 2 N–H and O–H groups in total. The van der Waals surface area contributed by atoms with Gasteiger partial charge in [0.25, 0.3) is 0 Å². The molecule has 0 saturated heterocycles. The largest absolute Gasteiger partial charge is 0.497 e. The van der Waals surface area contributed by atoms with Gasteiger partial charge in [-0.2, -0.15) is 0 Å². The van der Waals surface area contributed by atoms with Crippen LogP contribution in [0.5, 0.6) is 11.5 Å². The van der Waals surface area contributed by atoms with Crippen LogP contribution in [0, 0.1) is 0 Å². The molecule has 2 aromatic carbocycles. The first-order valence-corrected chi connectivity index (χ1v) is 6.90. The minimum atomic E-state index is -0.285. The second-order valence-electron chi connectivity index (χ2n) is 4.54. The fourth-order valence-corrected chi connectivity index (χ4v) is 2.23. The quantitative estimate of drug-likeness (QED) is 0.857. The zero-order valence-electron chi connectivity index (χ0n) is 12.0. The molecule has 0 spiro atoms. The number of aliphatic hydroxyl groups excluding tert-OH is 1. The molecule has 0 aromatic heterocycles. The summed E-state index contributed by atoms with van der Waals surface area (Å²) in [5.74, 6) is 1.35. The molecule has 0 aliphatic carbocycles. The maximum Gasteiger partial charge on any atom is 0.122 e. The molecule has 0 radical (unpaired) electrons. The Bertz CT molecular complexity index is 582. The summed E-state index contributed by atoms with van der Waals surface area (Å²) in [7, 11) is 3.19. The van der Waals surface area contributed by atoms with Gasteiger partial charge in [-0.1, -0.05) is 17.7 Å². The van der Waals surface area contributed by atoms with Crippen LogP contribution in [0.2, 0.25) is 5.02 Å². The number of aliphatic hydroxyl groups is 1. The first kappa shape index (κ1) is 15.5. The molecule has 4 nitrogen and oxygen atoms in total. The van der Waals surface area contributed by atoms with Crippen LogP contribution in [0.4, 0.5) is 5.69 Å². The zero-order valence-corrected chi connectivity index (χ0v) is 12.7. The van der Waals surface area contributed by atoms with Gasteiger partial charge >= 0.3 is 0 Å². The Morgan fingerprint density at radius 2 is 1.76 bits per heavy atom. The molecular formula is C16H18ClNO3. The van der Waals surface area contributed by atoms with Gasteiger partial charge in [0.15, 0.2) is 0 Å². The SMILES string of the molecule is COc1cc(OC)cc(C(CO)Nc2cccc(Cl)c2)c1. The summed E-state index contributed by atoms with van der Waals surface area (Å²) >= 11 is 5.97. The van der Waals surface area contributed by atoms with Crippen molar-refractivity contribution >= 4 is 17.3 Å². The second kappa shape index (κ2) is 7.20. The molecule has 112 valence electrons. The Morgan fingerprint density at radius 1 is 1.10 bits per heavy atom. The topological polar surface area (TPSA) is 50.7 Å². The molecule has 2 aromatic rings. The normalized spacial score (nSPS) is 11.8. The summed E-state index contributed by atoms with van der Waals surface area (Å²) < 4.78 is 10.5. The van der Waals surface area contributed by atoms with E-state index in [0.29, 0.717) is 16.5 Å². The van der Waals surface area contributed by atoms with E-state index in [9.17, 15) is 5.11 Å². The van der Waals surface area contributed by atoms with Crippen molar-refractivity contribution in [2.24, 2.45) is 0 Å². The lowest BCUT2D eigenvalue weighted by molar-refractivity contribution is 0.275. The molecule has 1 atom stereocenters. The second-order valence-corrected chi connectivity index (χ2v) is 4.97. The van der Waals surface area contributed by atoms with Crippen LogP contribution in [0.3, 0.4) is 0 Å². The van der Waals surface area contributed by atoms with E-state index in [2.05, 4.69) is 5.32 Å². The van der Waals surface area contributed by atoms with Crippen LogP contribution in [0.1, 0.15) is 11.6 Å². The van der Waals surface area contributed by atoms with Crippen molar-refractivity contribution in [2.45, 2.75) is 6.04 Å². The van der Waals surface area contributed by atoms with Crippen molar-refractivity contribution in [2.75, 3.05) is 26.1 Å². The van der Waals surface area contributed by atoms with Crippen LogP contribution in [-0.2, 0) is 0 Å². The Hall–Kier alpha value is -1.91. The van der Waals surface area contributed by atoms with E-state index < -0.39 is 0 Å². The summed E-state index contributed by atoms with van der Waals surface area (Å²) in [4.78, 5) is 0. The third-order valence-electron chi connectivity index (χ3n) is 3.12. The number of ether oxygens (including phenoxy) is 2. The van der Waals surface area contributed by atoms with Gasteiger partial charge in [0.05, 0.1) is 26.9 Å². The Kier molecular flexibility index (Phi) is 5.31. The molecule has 0 amide bonds. The average molecular weight is 308 g/mol. The Balaban J connectivity index is 2.28. The highest BCUT2D eigenvalue weighted by Gasteiger charge is 2.13. The lowest BCUT2D eigenvalue weighted by Gasteiger charge is -2.19. The fraction of sp³-hybridized carbons (Fsp3) is 0.250. The molecule has 5 heteroatoms. The number of halogens is 1. The molecule has 0 saturated carbocycles. The number of anilines is 1. The number of benzene rings is 2. The fourth-order valence-electron chi connectivity index (χ4n) is 2.04. The van der Waals surface area contributed by atoms with Gasteiger partial charge in [-0.05, 0) is 35.9 Å². The first-order valence-electron chi connectivity index (χ1n) is 6.52. The van der Waals surface area contributed by atoms with Crippen molar-refractivity contribution in [3.8, 4) is 11.5 Å². The lowest BCUT2D eigenvalue weighted by Crippen LogP contribution is -2.15. The van der Waals surface area contributed by atoms with Crippen molar-refractivity contribution in [1.82, 2.24) is 0 Å². The van der Waals surface area contributed by atoms with E-state index in [1.54, 1.807) is 26.4 Å². The molecule has 0 aliphatic rings. The number of hydrogen-bond donors (Lipinski definition) is 2. The predicted octanol–water partition coefficient (Wildman–Crippen LogP) is 3.50. The molecule has 2 rings (SSSR count). The van der Waals surface area contributed by atoms with E-state index in [1.807, 2.05) is 30.3 Å². The summed E-state index contributed by atoms with van der Waals surface area (Å²) in [5.41, 5.74) is 1.71. The molecule has 0 aliphatic heterocycles. The van der Waals surface area contributed by atoms with E-state index in [4.69, 9.17) is 21.1 Å². The molecule has 0 fully saturated rings. The van der Waals surface area contributed by atoms with Gasteiger partial charge in [0, 0.05) is 16.8 Å². The van der Waals surface area contributed by atoms with E-state index in [-0.39, 0.29) is 12.6 Å². The van der Waals surface area contributed by atoms with Gasteiger partial charge < -0.3 is 19.9 Å². The van der Waals surface area contributed by atoms with Crippen molar-refractivity contribution in [3.05, 3.63) is 53.1 Å². The minimum absolute atomic E-state index is 0.0666. The molecule has 21 heavy (non-hydrogen) atoms. The van der Waals surface area contributed by atoms with Crippen molar-refractivity contribution < 1.29 is 14.6 Å². The van der Waals surface area contributed by atoms with Gasteiger partial charge in [-0.3, -0.25) is 0 Å². The van der Waals surface area contributed by atoms with Crippen LogP contribution in [0.25, 0.3) is 0 Å². The Morgan fingerprint density at radius 3 is 2.29 bits per heavy atom.